The van der Waals surface area contributed by atoms with E-state index in [1.165, 1.54) is 27.1 Å². The average molecular weight is 702 g/mol. The van der Waals surface area contributed by atoms with Crippen LogP contribution in [0.15, 0.2) is 193 Å². The van der Waals surface area contributed by atoms with Crippen LogP contribution in [0.5, 0.6) is 0 Å². The Kier molecular flexibility index (Phi) is 7.14. The topological polar surface area (TPSA) is 51.8 Å². The lowest BCUT2D eigenvalue weighted by atomic mass is 9.89. The molecule has 0 atom stereocenters. The van der Waals surface area contributed by atoms with Crippen LogP contribution in [0, 0.1) is 0 Å². The van der Waals surface area contributed by atoms with Crippen LogP contribution in [0.25, 0.3) is 111 Å². The molecule has 0 fully saturated rings. The molecule has 0 aliphatic heterocycles. The molecule has 11 rings (SSSR count). The summed E-state index contributed by atoms with van der Waals surface area (Å²) < 4.78 is 6.33. The Labute approximate surface area is 317 Å². The molecule has 8 aromatic carbocycles. The third-order valence-corrected chi connectivity index (χ3v) is 10.7. The largest absolute Gasteiger partial charge is 0.456 e. The van der Waals surface area contributed by atoms with Gasteiger partial charge in [-0.3, -0.25) is 4.98 Å². The van der Waals surface area contributed by atoms with Crippen molar-refractivity contribution in [3.05, 3.63) is 188 Å². The van der Waals surface area contributed by atoms with E-state index in [1.54, 1.807) is 0 Å². The minimum atomic E-state index is 0.662. The zero-order chi connectivity index (χ0) is 36.3. The second-order valence-corrected chi connectivity index (χ2v) is 14.0. The Morgan fingerprint density at radius 3 is 1.89 bits per heavy atom. The number of nitrogens with zero attached hydrogens (tertiary/aromatic N) is 3. The van der Waals surface area contributed by atoms with Gasteiger partial charge in [0, 0.05) is 39.0 Å². The minimum Gasteiger partial charge on any atom is -0.456 e. The normalized spacial score (nSPS) is 11.6. The summed E-state index contributed by atoms with van der Waals surface area (Å²) in [6.45, 7) is 0. The molecule has 3 heterocycles. The molecule has 0 aliphatic carbocycles. The third-order valence-electron chi connectivity index (χ3n) is 10.7. The molecule has 0 aliphatic rings. The molecule has 4 heteroatoms. The van der Waals surface area contributed by atoms with Crippen molar-refractivity contribution in [1.29, 1.82) is 0 Å². The summed E-state index contributed by atoms with van der Waals surface area (Å²) in [6.07, 6.45) is 1.85. The van der Waals surface area contributed by atoms with Crippen molar-refractivity contribution >= 4 is 54.4 Å². The monoisotopic (exact) mass is 701 g/mol. The molecule has 0 saturated heterocycles. The van der Waals surface area contributed by atoms with Crippen LogP contribution < -0.4 is 0 Å². The maximum atomic E-state index is 6.33. The van der Waals surface area contributed by atoms with Crippen LogP contribution in [-0.4, -0.2) is 15.0 Å². The maximum absolute atomic E-state index is 6.33. The molecule has 0 spiro atoms. The van der Waals surface area contributed by atoms with Gasteiger partial charge in [-0.15, -0.1) is 0 Å². The smallest absolute Gasteiger partial charge is 0.160 e. The van der Waals surface area contributed by atoms with Gasteiger partial charge in [-0.2, -0.15) is 0 Å². The predicted molar refractivity (Wildman–Crippen MR) is 227 cm³/mol. The summed E-state index contributed by atoms with van der Waals surface area (Å²) in [5, 5.41) is 8.17. The van der Waals surface area contributed by atoms with Crippen molar-refractivity contribution in [2.75, 3.05) is 0 Å². The van der Waals surface area contributed by atoms with Gasteiger partial charge in [-0.05, 0) is 104 Å². The van der Waals surface area contributed by atoms with E-state index in [1.807, 2.05) is 48.7 Å². The number of hydrogen-bond donors (Lipinski definition) is 0. The molecule has 0 N–H and O–H groups in total. The zero-order valence-electron chi connectivity index (χ0n) is 29.6. The molecule has 0 saturated carbocycles. The van der Waals surface area contributed by atoms with Gasteiger partial charge < -0.3 is 4.42 Å². The van der Waals surface area contributed by atoms with E-state index in [9.17, 15) is 0 Å². The van der Waals surface area contributed by atoms with E-state index < -0.39 is 0 Å². The van der Waals surface area contributed by atoms with Crippen LogP contribution in [0.4, 0.5) is 0 Å². The lowest BCUT2D eigenvalue weighted by molar-refractivity contribution is 0.669. The molecular weight excluding hydrogens is 671 g/mol. The highest BCUT2D eigenvalue weighted by Gasteiger charge is 2.17. The van der Waals surface area contributed by atoms with Crippen molar-refractivity contribution in [3.8, 4) is 56.2 Å². The molecular formula is C51H31N3O. The van der Waals surface area contributed by atoms with Crippen LogP contribution >= 0.6 is 0 Å². The van der Waals surface area contributed by atoms with Crippen molar-refractivity contribution < 1.29 is 4.42 Å². The number of hydrogen-bond acceptors (Lipinski definition) is 4. The van der Waals surface area contributed by atoms with Gasteiger partial charge in [0.25, 0.3) is 0 Å². The van der Waals surface area contributed by atoms with E-state index in [0.29, 0.717) is 5.82 Å². The number of furan rings is 1. The summed E-state index contributed by atoms with van der Waals surface area (Å²) in [6, 6.07) is 63.9. The highest BCUT2D eigenvalue weighted by molar-refractivity contribution is 6.14. The molecule has 0 bridgehead atoms. The van der Waals surface area contributed by atoms with Gasteiger partial charge in [-0.25, -0.2) is 9.97 Å². The van der Waals surface area contributed by atoms with Gasteiger partial charge in [0.15, 0.2) is 5.82 Å². The lowest BCUT2D eigenvalue weighted by Crippen LogP contribution is -1.97. The fourth-order valence-electron chi connectivity index (χ4n) is 8.08. The van der Waals surface area contributed by atoms with E-state index in [2.05, 4.69) is 140 Å². The first-order chi connectivity index (χ1) is 27.2. The third kappa shape index (κ3) is 5.34. The number of pyridine rings is 1. The van der Waals surface area contributed by atoms with E-state index >= 15 is 0 Å². The summed E-state index contributed by atoms with van der Waals surface area (Å²) in [5.74, 6) is 0.662. The number of rotatable bonds is 5. The fourth-order valence-corrected chi connectivity index (χ4v) is 8.08. The maximum Gasteiger partial charge on any atom is 0.160 e. The van der Waals surface area contributed by atoms with Crippen molar-refractivity contribution in [3.63, 3.8) is 0 Å². The fraction of sp³-hybridized carbons (Fsp3) is 0. The Balaban J connectivity index is 1.18. The molecule has 4 nitrogen and oxygen atoms in total. The van der Waals surface area contributed by atoms with Crippen molar-refractivity contribution in [2.45, 2.75) is 0 Å². The van der Waals surface area contributed by atoms with Crippen LogP contribution in [0.1, 0.15) is 0 Å². The highest BCUT2D eigenvalue weighted by atomic mass is 16.3. The molecule has 0 unspecified atom stereocenters. The Morgan fingerprint density at radius 1 is 0.345 bits per heavy atom. The highest BCUT2D eigenvalue weighted by Crippen LogP contribution is 2.41. The molecule has 55 heavy (non-hydrogen) atoms. The zero-order valence-corrected chi connectivity index (χ0v) is 29.6. The molecule has 11 aromatic rings. The van der Waals surface area contributed by atoms with Gasteiger partial charge in [-0.1, -0.05) is 121 Å². The molecule has 3 aromatic heterocycles. The molecule has 256 valence electrons. The first-order valence-electron chi connectivity index (χ1n) is 18.5. The SMILES string of the molecule is c1ccc(-c2nc(-c3cc(-c4cccc5ncccc45)cc(-c4cc5ccccc5c5ccccc45)c3)cc(-c3ccc4c(c3)oc3ccccc34)n2)cc1. The van der Waals surface area contributed by atoms with Crippen LogP contribution in [-0.2, 0) is 0 Å². The summed E-state index contributed by atoms with van der Waals surface area (Å²) in [5.41, 5.74) is 11.7. The van der Waals surface area contributed by atoms with Gasteiger partial charge in [0.05, 0.1) is 16.9 Å². The van der Waals surface area contributed by atoms with E-state index in [0.717, 1.165) is 77.6 Å². The standard InChI is InChI=1S/C51H31N3O/c1-2-12-32(13-3-1)51-53-47(34-23-24-44-43-18-8-9-22-49(43)55-50(44)30-34)31-48(54-51)37-27-35(39-19-10-21-46-42(39)20-11-25-52-46)26-36(28-37)45-29-33-14-4-5-15-38(33)40-16-6-7-17-41(40)45/h1-31H. The summed E-state index contributed by atoms with van der Waals surface area (Å²) in [7, 11) is 0. The first kappa shape index (κ1) is 31.1. The van der Waals surface area contributed by atoms with Gasteiger partial charge >= 0.3 is 0 Å². The second kappa shape index (κ2) is 12.6. The second-order valence-electron chi connectivity index (χ2n) is 14.0. The molecule has 0 amide bonds. The number of benzene rings is 8. The first-order valence-corrected chi connectivity index (χ1v) is 18.5. The predicted octanol–water partition coefficient (Wildman–Crippen LogP) is 13.6. The lowest BCUT2D eigenvalue weighted by Gasteiger charge is -2.16. The summed E-state index contributed by atoms with van der Waals surface area (Å²) >= 11 is 0. The Hall–Kier alpha value is -7.43. The number of para-hydroxylation sites is 1. The summed E-state index contributed by atoms with van der Waals surface area (Å²) in [4.78, 5) is 15.2. The number of fused-ring (bicyclic) bond motifs is 7. The Morgan fingerprint density at radius 2 is 1.02 bits per heavy atom. The minimum absolute atomic E-state index is 0.662. The average Bonchev–Trinajstić information content (AvgIpc) is 3.64. The van der Waals surface area contributed by atoms with Crippen LogP contribution in [0.2, 0.25) is 0 Å². The van der Waals surface area contributed by atoms with E-state index in [-0.39, 0.29) is 0 Å². The van der Waals surface area contributed by atoms with Crippen LogP contribution in [0.3, 0.4) is 0 Å². The van der Waals surface area contributed by atoms with E-state index in [4.69, 9.17) is 19.4 Å². The molecule has 0 radical (unpaired) electrons. The quantitative estimate of drug-likeness (QED) is 0.168. The van der Waals surface area contributed by atoms with Crippen molar-refractivity contribution in [2.24, 2.45) is 0 Å². The Bertz CT molecular complexity index is 3270. The van der Waals surface area contributed by atoms with Gasteiger partial charge in [0.1, 0.15) is 11.2 Å². The van der Waals surface area contributed by atoms with Gasteiger partial charge in [0.2, 0.25) is 0 Å². The number of aromatic nitrogens is 3. The van der Waals surface area contributed by atoms with Crippen molar-refractivity contribution in [1.82, 2.24) is 15.0 Å².